The number of nitrogens with one attached hydrogen (secondary N) is 2. The molecular formula is C18H23BrN2O. The molecule has 0 fully saturated rings. The lowest BCUT2D eigenvalue weighted by Gasteiger charge is -2.14. The summed E-state index contributed by atoms with van der Waals surface area (Å²) in [6.07, 6.45) is 1.06. The average Bonchev–Trinajstić information content (AvgIpc) is 2.50. The van der Waals surface area contributed by atoms with Crippen molar-refractivity contribution in [3.05, 3.63) is 58.6 Å². The maximum atomic E-state index is 5.92. The highest BCUT2D eigenvalue weighted by atomic mass is 79.9. The van der Waals surface area contributed by atoms with Gasteiger partial charge in [-0.3, -0.25) is 0 Å². The van der Waals surface area contributed by atoms with Crippen LogP contribution in [0.1, 0.15) is 25.8 Å². The first-order valence-corrected chi connectivity index (χ1v) is 8.39. The first-order valence-electron chi connectivity index (χ1n) is 7.60. The van der Waals surface area contributed by atoms with Crippen molar-refractivity contribution in [2.45, 2.75) is 26.8 Å². The van der Waals surface area contributed by atoms with Crippen LogP contribution in [-0.4, -0.2) is 6.61 Å². The monoisotopic (exact) mass is 362 g/mol. The lowest BCUT2D eigenvalue weighted by molar-refractivity contribution is 0.286. The smallest absolute Gasteiger partial charge is 0.123 e. The van der Waals surface area contributed by atoms with Gasteiger partial charge in [0, 0.05) is 22.3 Å². The van der Waals surface area contributed by atoms with Crippen LogP contribution in [0.5, 0.6) is 5.75 Å². The van der Waals surface area contributed by atoms with Crippen molar-refractivity contribution >= 4 is 21.6 Å². The summed E-state index contributed by atoms with van der Waals surface area (Å²) >= 11 is 3.52. The predicted octanol–water partition coefficient (Wildman–Crippen LogP) is 4.99. The molecule has 2 rings (SSSR count). The van der Waals surface area contributed by atoms with Gasteiger partial charge in [-0.15, -0.1) is 0 Å². The zero-order valence-electron chi connectivity index (χ0n) is 13.1. The maximum Gasteiger partial charge on any atom is 0.123 e. The van der Waals surface area contributed by atoms with Crippen LogP contribution in [-0.2, 0) is 6.54 Å². The highest BCUT2D eigenvalue weighted by Crippen LogP contribution is 2.23. The lowest BCUT2D eigenvalue weighted by Crippen LogP contribution is -2.21. The molecule has 0 bridgehead atoms. The number of para-hydroxylation sites is 1. The van der Waals surface area contributed by atoms with Gasteiger partial charge in [0.15, 0.2) is 0 Å². The Morgan fingerprint density at radius 1 is 1.09 bits per heavy atom. The minimum absolute atomic E-state index is 0.650. The van der Waals surface area contributed by atoms with E-state index < -0.39 is 0 Å². The number of anilines is 1. The van der Waals surface area contributed by atoms with Gasteiger partial charge >= 0.3 is 0 Å². The zero-order valence-corrected chi connectivity index (χ0v) is 14.7. The zero-order chi connectivity index (χ0) is 15.8. The summed E-state index contributed by atoms with van der Waals surface area (Å²) in [5.41, 5.74) is 8.60. The fraction of sp³-hybridized carbons (Fsp3) is 0.333. The van der Waals surface area contributed by atoms with E-state index >= 15 is 0 Å². The summed E-state index contributed by atoms with van der Waals surface area (Å²) in [7, 11) is 0. The van der Waals surface area contributed by atoms with Gasteiger partial charge in [0.2, 0.25) is 0 Å². The third-order valence-corrected chi connectivity index (χ3v) is 3.75. The Hall–Kier alpha value is -1.52. The first-order chi connectivity index (χ1) is 10.6. The van der Waals surface area contributed by atoms with Crippen molar-refractivity contribution in [2.24, 2.45) is 5.92 Å². The summed E-state index contributed by atoms with van der Waals surface area (Å²) < 4.78 is 6.97. The second kappa shape index (κ2) is 8.81. The molecule has 2 aromatic carbocycles. The fourth-order valence-electron chi connectivity index (χ4n) is 1.99. The minimum Gasteiger partial charge on any atom is -0.493 e. The Labute approximate surface area is 141 Å². The number of benzene rings is 2. The highest BCUT2D eigenvalue weighted by Gasteiger charge is 2.05. The van der Waals surface area contributed by atoms with Crippen LogP contribution < -0.4 is 15.6 Å². The molecule has 0 amide bonds. The van der Waals surface area contributed by atoms with E-state index in [0.717, 1.165) is 34.5 Å². The van der Waals surface area contributed by atoms with Crippen LogP contribution >= 0.6 is 15.9 Å². The van der Waals surface area contributed by atoms with E-state index in [4.69, 9.17) is 4.74 Å². The lowest BCUT2D eigenvalue weighted by atomic mass is 10.1. The molecule has 0 saturated heterocycles. The first kappa shape index (κ1) is 16.8. The average molecular weight is 363 g/mol. The van der Waals surface area contributed by atoms with E-state index in [0.29, 0.717) is 12.5 Å². The van der Waals surface area contributed by atoms with Crippen molar-refractivity contribution in [2.75, 3.05) is 12.0 Å². The fourth-order valence-corrected chi connectivity index (χ4v) is 2.40. The minimum atomic E-state index is 0.650. The molecule has 22 heavy (non-hydrogen) atoms. The molecule has 0 aliphatic rings. The van der Waals surface area contributed by atoms with Crippen LogP contribution in [0.25, 0.3) is 0 Å². The Bertz CT molecular complexity index is 573. The van der Waals surface area contributed by atoms with E-state index in [9.17, 15) is 0 Å². The molecule has 0 aliphatic carbocycles. The molecule has 0 aliphatic heterocycles. The predicted molar refractivity (Wildman–Crippen MR) is 96.0 cm³/mol. The highest BCUT2D eigenvalue weighted by molar-refractivity contribution is 9.10. The van der Waals surface area contributed by atoms with Crippen LogP contribution in [0.15, 0.2) is 53.0 Å². The van der Waals surface area contributed by atoms with Gasteiger partial charge in [0.1, 0.15) is 5.75 Å². The van der Waals surface area contributed by atoms with Gasteiger partial charge in [0.25, 0.3) is 0 Å². The molecule has 0 unspecified atom stereocenters. The molecule has 4 heteroatoms. The van der Waals surface area contributed by atoms with Crippen molar-refractivity contribution in [1.29, 1.82) is 0 Å². The number of hydrazine groups is 1. The normalized spacial score (nSPS) is 10.7. The van der Waals surface area contributed by atoms with Crippen LogP contribution in [0, 0.1) is 5.92 Å². The summed E-state index contributed by atoms with van der Waals surface area (Å²) in [4.78, 5) is 0. The van der Waals surface area contributed by atoms with E-state index in [-0.39, 0.29) is 0 Å². The molecule has 3 nitrogen and oxygen atoms in total. The Kier molecular flexibility index (Phi) is 6.74. The Morgan fingerprint density at radius 3 is 2.59 bits per heavy atom. The van der Waals surface area contributed by atoms with Crippen LogP contribution in [0.3, 0.4) is 0 Å². The molecule has 0 saturated carbocycles. The molecule has 118 valence electrons. The molecule has 0 radical (unpaired) electrons. The number of rotatable bonds is 8. The summed E-state index contributed by atoms with van der Waals surface area (Å²) in [6, 6.07) is 16.2. The Balaban J connectivity index is 1.92. The summed E-state index contributed by atoms with van der Waals surface area (Å²) in [6.45, 7) is 5.85. The maximum absolute atomic E-state index is 5.92. The second-order valence-corrected chi connectivity index (χ2v) is 6.54. The van der Waals surface area contributed by atoms with Gasteiger partial charge in [0.05, 0.1) is 6.61 Å². The molecule has 0 atom stereocenters. The van der Waals surface area contributed by atoms with Gasteiger partial charge in [-0.05, 0) is 42.7 Å². The van der Waals surface area contributed by atoms with Crippen molar-refractivity contribution in [3.8, 4) is 5.75 Å². The molecule has 2 aromatic rings. The Morgan fingerprint density at radius 2 is 1.86 bits per heavy atom. The van der Waals surface area contributed by atoms with E-state index in [1.54, 1.807) is 0 Å². The van der Waals surface area contributed by atoms with E-state index in [1.807, 2.05) is 42.5 Å². The number of ether oxygens (including phenoxy) is 1. The molecule has 0 spiro atoms. The van der Waals surface area contributed by atoms with Gasteiger partial charge < -0.3 is 10.2 Å². The quantitative estimate of drug-likeness (QED) is 0.648. The summed E-state index contributed by atoms with van der Waals surface area (Å²) in [5, 5.41) is 0. The van der Waals surface area contributed by atoms with Crippen LogP contribution in [0.2, 0.25) is 0 Å². The molecule has 0 aromatic heterocycles. The van der Waals surface area contributed by atoms with E-state index in [1.165, 1.54) is 0 Å². The number of hydrogen-bond acceptors (Lipinski definition) is 3. The van der Waals surface area contributed by atoms with Gasteiger partial charge in [-0.25, -0.2) is 5.43 Å². The molecule has 0 heterocycles. The SMILES string of the molecule is CC(C)CCOc1ccc(Br)cc1CNNc1ccccc1. The largest absolute Gasteiger partial charge is 0.493 e. The molecule has 2 N–H and O–H groups in total. The number of halogens is 1. The topological polar surface area (TPSA) is 33.3 Å². The second-order valence-electron chi connectivity index (χ2n) is 5.63. The van der Waals surface area contributed by atoms with Gasteiger partial charge in [-0.1, -0.05) is 48.0 Å². The third kappa shape index (κ3) is 5.70. The van der Waals surface area contributed by atoms with E-state index in [2.05, 4.69) is 46.7 Å². The van der Waals surface area contributed by atoms with Gasteiger partial charge in [-0.2, -0.15) is 0 Å². The van der Waals surface area contributed by atoms with Crippen LogP contribution in [0.4, 0.5) is 5.69 Å². The molecular weight excluding hydrogens is 340 g/mol. The van der Waals surface area contributed by atoms with Crippen molar-refractivity contribution < 1.29 is 4.74 Å². The summed E-state index contributed by atoms with van der Waals surface area (Å²) in [5.74, 6) is 1.59. The third-order valence-electron chi connectivity index (χ3n) is 3.26. The number of hydrogen-bond donors (Lipinski definition) is 2. The standard InChI is InChI=1S/C18H23BrN2O/c1-14(2)10-11-22-18-9-8-16(19)12-15(18)13-20-21-17-6-4-3-5-7-17/h3-9,12,14,20-21H,10-11,13H2,1-2H3. The van der Waals surface area contributed by atoms with Crippen molar-refractivity contribution in [3.63, 3.8) is 0 Å². The van der Waals surface area contributed by atoms with Crippen molar-refractivity contribution in [1.82, 2.24) is 5.43 Å².